The van der Waals surface area contributed by atoms with Crippen LogP contribution in [0.3, 0.4) is 0 Å². The maximum absolute atomic E-state index is 12.2. The van der Waals surface area contributed by atoms with Crippen molar-refractivity contribution < 1.29 is 19.0 Å². The zero-order valence-corrected chi connectivity index (χ0v) is 16.4. The number of hydrogen-bond acceptors (Lipinski definition) is 5. The highest BCUT2D eigenvalue weighted by Gasteiger charge is 2.13. The lowest BCUT2D eigenvalue weighted by Gasteiger charge is -2.14. The number of hydrogen-bond donors (Lipinski definition) is 2. The quantitative estimate of drug-likeness (QED) is 0.593. The van der Waals surface area contributed by atoms with Crippen LogP contribution in [0, 0.1) is 0 Å². The van der Waals surface area contributed by atoms with Gasteiger partial charge in [0, 0.05) is 19.4 Å². The highest BCUT2D eigenvalue weighted by Crippen LogP contribution is 2.38. The molecule has 1 heterocycles. The van der Waals surface area contributed by atoms with Crippen LogP contribution in [0.15, 0.2) is 36.4 Å². The SMILES string of the molecule is COc1cc(CNC(=O)CCCc2nc3ccccc3[nH]2)cc(OC)c1OC. The van der Waals surface area contributed by atoms with Gasteiger partial charge >= 0.3 is 0 Å². The molecule has 7 heteroatoms. The Labute approximate surface area is 164 Å². The third-order valence-corrected chi connectivity index (χ3v) is 4.47. The van der Waals surface area contributed by atoms with Crippen molar-refractivity contribution >= 4 is 16.9 Å². The number of nitrogens with one attached hydrogen (secondary N) is 2. The molecule has 0 spiro atoms. The summed E-state index contributed by atoms with van der Waals surface area (Å²) in [4.78, 5) is 20.0. The molecule has 0 unspecified atom stereocenters. The molecule has 2 N–H and O–H groups in total. The summed E-state index contributed by atoms with van der Waals surface area (Å²) in [5.74, 6) is 2.56. The van der Waals surface area contributed by atoms with Crippen LogP contribution in [0.4, 0.5) is 0 Å². The minimum absolute atomic E-state index is 0.00939. The van der Waals surface area contributed by atoms with Gasteiger partial charge in [0.25, 0.3) is 0 Å². The van der Waals surface area contributed by atoms with Gasteiger partial charge in [-0.25, -0.2) is 4.98 Å². The zero-order valence-electron chi connectivity index (χ0n) is 16.4. The van der Waals surface area contributed by atoms with Gasteiger partial charge in [0.2, 0.25) is 11.7 Å². The Morgan fingerprint density at radius 1 is 1.07 bits per heavy atom. The van der Waals surface area contributed by atoms with E-state index in [2.05, 4.69) is 15.3 Å². The minimum atomic E-state index is -0.00939. The molecule has 3 aromatic rings. The van der Waals surface area contributed by atoms with Crippen molar-refractivity contribution in [2.45, 2.75) is 25.8 Å². The number of H-pyrrole nitrogens is 1. The molecule has 0 atom stereocenters. The van der Waals surface area contributed by atoms with Crippen LogP contribution in [0.2, 0.25) is 0 Å². The predicted molar refractivity (Wildman–Crippen MR) is 107 cm³/mol. The number of carbonyl (C=O) groups excluding carboxylic acids is 1. The molecule has 1 amide bonds. The van der Waals surface area contributed by atoms with Crippen LogP contribution in [-0.2, 0) is 17.8 Å². The van der Waals surface area contributed by atoms with Crippen molar-refractivity contribution in [3.05, 3.63) is 47.8 Å². The second-order valence-electron chi connectivity index (χ2n) is 6.36. The molecule has 0 radical (unpaired) electrons. The zero-order chi connectivity index (χ0) is 19.9. The van der Waals surface area contributed by atoms with Crippen molar-refractivity contribution in [1.82, 2.24) is 15.3 Å². The largest absolute Gasteiger partial charge is 0.493 e. The van der Waals surface area contributed by atoms with E-state index in [0.717, 1.165) is 35.3 Å². The fourth-order valence-electron chi connectivity index (χ4n) is 3.07. The molecule has 7 nitrogen and oxygen atoms in total. The standard InChI is InChI=1S/C21H25N3O4/c1-26-17-11-14(12-18(27-2)21(17)28-3)13-22-20(25)10-6-9-19-23-15-7-4-5-8-16(15)24-19/h4-5,7-8,11-12H,6,9-10,13H2,1-3H3,(H,22,25)(H,23,24). The average molecular weight is 383 g/mol. The maximum Gasteiger partial charge on any atom is 0.220 e. The molecule has 0 aliphatic heterocycles. The number of rotatable bonds is 9. The van der Waals surface area contributed by atoms with Crippen molar-refractivity contribution in [2.75, 3.05) is 21.3 Å². The molecule has 0 saturated heterocycles. The highest BCUT2D eigenvalue weighted by atomic mass is 16.5. The van der Waals surface area contributed by atoms with E-state index in [-0.39, 0.29) is 5.91 Å². The molecule has 0 aliphatic carbocycles. The van der Waals surface area contributed by atoms with E-state index in [9.17, 15) is 4.79 Å². The summed E-state index contributed by atoms with van der Waals surface area (Å²) in [5.41, 5.74) is 2.84. The van der Waals surface area contributed by atoms with Crippen LogP contribution in [-0.4, -0.2) is 37.2 Å². The monoisotopic (exact) mass is 383 g/mol. The molecule has 28 heavy (non-hydrogen) atoms. The summed E-state index contributed by atoms with van der Waals surface area (Å²) in [6.07, 6.45) is 1.88. The molecule has 0 bridgehead atoms. The fraction of sp³-hybridized carbons (Fsp3) is 0.333. The number of para-hydroxylation sites is 2. The third-order valence-electron chi connectivity index (χ3n) is 4.47. The van der Waals surface area contributed by atoms with Gasteiger partial charge in [-0.3, -0.25) is 4.79 Å². The van der Waals surface area contributed by atoms with E-state index in [4.69, 9.17) is 14.2 Å². The van der Waals surface area contributed by atoms with Crippen LogP contribution < -0.4 is 19.5 Å². The van der Waals surface area contributed by atoms with E-state index in [0.29, 0.717) is 30.2 Å². The number of nitrogens with zero attached hydrogens (tertiary/aromatic N) is 1. The Kier molecular flexibility index (Phi) is 6.37. The van der Waals surface area contributed by atoms with Crippen LogP contribution in [0.1, 0.15) is 24.2 Å². The number of aromatic amines is 1. The van der Waals surface area contributed by atoms with Crippen LogP contribution in [0.5, 0.6) is 17.2 Å². The summed E-state index contributed by atoms with van der Waals surface area (Å²) >= 11 is 0. The minimum Gasteiger partial charge on any atom is -0.493 e. The number of ether oxygens (including phenoxy) is 3. The first kappa shape index (κ1) is 19.5. The predicted octanol–water partition coefficient (Wildman–Crippen LogP) is 3.23. The number of carbonyl (C=O) groups is 1. The molecule has 148 valence electrons. The topological polar surface area (TPSA) is 85.5 Å². The summed E-state index contributed by atoms with van der Waals surface area (Å²) in [7, 11) is 4.69. The van der Waals surface area contributed by atoms with Gasteiger partial charge in [-0.2, -0.15) is 0 Å². The summed E-state index contributed by atoms with van der Waals surface area (Å²) in [6.45, 7) is 0.389. The fourth-order valence-corrected chi connectivity index (χ4v) is 3.07. The number of aryl methyl sites for hydroxylation is 1. The lowest BCUT2D eigenvalue weighted by Crippen LogP contribution is -2.22. The number of amides is 1. The van der Waals surface area contributed by atoms with Gasteiger partial charge < -0.3 is 24.5 Å². The van der Waals surface area contributed by atoms with Crippen LogP contribution >= 0.6 is 0 Å². The van der Waals surface area contributed by atoms with Gasteiger partial charge in [-0.05, 0) is 36.2 Å². The number of imidazole rings is 1. The Balaban J connectivity index is 1.51. The van der Waals surface area contributed by atoms with E-state index in [1.54, 1.807) is 21.3 Å². The summed E-state index contributed by atoms with van der Waals surface area (Å²) in [6, 6.07) is 11.6. The molecular weight excluding hydrogens is 358 g/mol. The Morgan fingerprint density at radius 2 is 1.79 bits per heavy atom. The van der Waals surface area contributed by atoms with Crippen molar-refractivity contribution in [3.8, 4) is 17.2 Å². The Bertz CT molecular complexity index is 894. The molecule has 2 aromatic carbocycles. The second-order valence-corrected chi connectivity index (χ2v) is 6.36. The normalized spacial score (nSPS) is 10.7. The Hall–Kier alpha value is -3.22. The van der Waals surface area contributed by atoms with E-state index < -0.39 is 0 Å². The van der Waals surface area contributed by atoms with Gasteiger partial charge in [0.05, 0.1) is 32.4 Å². The summed E-state index contributed by atoms with van der Waals surface area (Å²) < 4.78 is 16.0. The van der Waals surface area contributed by atoms with Gasteiger partial charge in [0.1, 0.15) is 5.82 Å². The lowest BCUT2D eigenvalue weighted by molar-refractivity contribution is -0.121. The molecule has 1 aromatic heterocycles. The van der Waals surface area contributed by atoms with E-state index >= 15 is 0 Å². The number of benzene rings is 2. The average Bonchev–Trinajstić information content (AvgIpc) is 3.14. The molecule has 3 rings (SSSR count). The molecule has 0 aliphatic rings. The lowest BCUT2D eigenvalue weighted by atomic mass is 10.1. The first-order chi connectivity index (χ1) is 13.6. The number of fused-ring (bicyclic) bond motifs is 1. The first-order valence-electron chi connectivity index (χ1n) is 9.13. The summed E-state index contributed by atoms with van der Waals surface area (Å²) in [5, 5.41) is 2.93. The molecule has 0 saturated carbocycles. The first-order valence-corrected chi connectivity index (χ1v) is 9.13. The second kappa shape index (κ2) is 9.12. The molecular formula is C21H25N3O4. The van der Waals surface area contributed by atoms with Crippen molar-refractivity contribution in [2.24, 2.45) is 0 Å². The van der Waals surface area contributed by atoms with Crippen molar-refractivity contribution in [3.63, 3.8) is 0 Å². The third kappa shape index (κ3) is 4.54. The van der Waals surface area contributed by atoms with Gasteiger partial charge in [-0.15, -0.1) is 0 Å². The highest BCUT2D eigenvalue weighted by molar-refractivity contribution is 5.76. The smallest absolute Gasteiger partial charge is 0.220 e. The number of methoxy groups -OCH3 is 3. The van der Waals surface area contributed by atoms with E-state index in [1.165, 1.54) is 0 Å². The number of aromatic nitrogens is 2. The van der Waals surface area contributed by atoms with E-state index in [1.807, 2.05) is 36.4 Å². The molecule has 0 fully saturated rings. The maximum atomic E-state index is 12.2. The Morgan fingerprint density at radius 3 is 2.43 bits per heavy atom. The van der Waals surface area contributed by atoms with Gasteiger partial charge in [0.15, 0.2) is 11.5 Å². The van der Waals surface area contributed by atoms with Gasteiger partial charge in [-0.1, -0.05) is 12.1 Å². The van der Waals surface area contributed by atoms with Crippen molar-refractivity contribution in [1.29, 1.82) is 0 Å². The van der Waals surface area contributed by atoms with Crippen LogP contribution in [0.25, 0.3) is 11.0 Å².